The highest BCUT2D eigenvalue weighted by atomic mass is 79.9. The van der Waals surface area contributed by atoms with Crippen molar-refractivity contribution in [2.24, 2.45) is 5.41 Å². The van der Waals surface area contributed by atoms with Crippen molar-refractivity contribution < 1.29 is 9.53 Å². The van der Waals surface area contributed by atoms with E-state index in [-0.39, 0.29) is 11.3 Å². The lowest BCUT2D eigenvalue weighted by atomic mass is 9.83. The number of anilines is 1. The number of rotatable bonds is 5. The molecule has 1 aliphatic carbocycles. The molecule has 0 radical (unpaired) electrons. The van der Waals surface area contributed by atoms with Gasteiger partial charge in [0.25, 0.3) is 0 Å². The summed E-state index contributed by atoms with van der Waals surface area (Å²) >= 11 is 3.69. The molecule has 1 N–H and O–H groups in total. The van der Waals surface area contributed by atoms with Gasteiger partial charge in [-0.25, -0.2) is 0 Å². The third-order valence-corrected chi connectivity index (χ3v) is 5.34. The first kappa shape index (κ1) is 16.3. The fourth-order valence-electron chi connectivity index (χ4n) is 2.90. The van der Waals surface area contributed by atoms with E-state index >= 15 is 0 Å². The van der Waals surface area contributed by atoms with Crippen molar-refractivity contribution in [1.82, 2.24) is 0 Å². The summed E-state index contributed by atoms with van der Waals surface area (Å²) in [6.45, 7) is 2.25. The number of hydrogen-bond donors (Lipinski definition) is 1. The van der Waals surface area contributed by atoms with Crippen LogP contribution in [0.5, 0.6) is 5.75 Å². The molecule has 0 aliphatic heterocycles. The molecule has 0 atom stereocenters. The van der Waals surface area contributed by atoms with Crippen molar-refractivity contribution in [1.29, 1.82) is 0 Å². The van der Waals surface area contributed by atoms with Crippen LogP contribution in [0.3, 0.4) is 0 Å². The summed E-state index contributed by atoms with van der Waals surface area (Å²) in [4.78, 5) is 11.1. The molecule has 0 heterocycles. The number of nitrogens with one attached hydrogen (secondary N) is 1. The smallest absolute Gasteiger partial charge is 0.221 e. The number of ether oxygens (including phenoxy) is 1. The van der Waals surface area contributed by atoms with Gasteiger partial charge in [-0.1, -0.05) is 47.7 Å². The Morgan fingerprint density at radius 2 is 2.00 bits per heavy atom. The monoisotopic (exact) mass is 353 g/mol. The molecule has 1 amide bonds. The molecule has 116 valence electrons. The van der Waals surface area contributed by atoms with E-state index in [1.165, 1.54) is 45.4 Å². The minimum atomic E-state index is -0.0622. The molecule has 0 aromatic heterocycles. The van der Waals surface area contributed by atoms with E-state index in [4.69, 9.17) is 4.74 Å². The number of carbonyl (C=O) groups is 1. The number of carbonyl (C=O) groups excluding carboxylic acids is 1. The average molecular weight is 354 g/mol. The minimum absolute atomic E-state index is 0.0622. The molecular weight excluding hydrogens is 330 g/mol. The quantitative estimate of drug-likeness (QED) is 0.612. The lowest BCUT2D eigenvalue weighted by molar-refractivity contribution is -0.114. The first-order chi connectivity index (χ1) is 10.1. The first-order valence-corrected chi connectivity index (χ1v) is 8.82. The molecule has 4 heteroatoms. The Labute approximate surface area is 135 Å². The minimum Gasteiger partial charge on any atom is -0.493 e. The zero-order valence-corrected chi connectivity index (χ0v) is 14.2. The van der Waals surface area contributed by atoms with E-state index in [0.717, 1.165) is 23.4 Å². The van der Waals surface area contributed by atoms with Gasteiger partial charge in [-0.3, -0.25) is 4.79 Å². The highest BCUT2D eigenvalue weighted by molar-refractivity contribution is 9.09. The molecule has 1 aromatic rings. The topological polar surface area (TPSA) is 38.3 Å². The van der Waals surface area contributed by atoms with Crippen LogP contribution in [0.25, 0.3) is 0 Å². The lowest BCUT2D eigenvalue weighted by Gasteiger charge is -2.30. The Morgan fingerprint density at radius 1 is 1.29 bits per heavy atom. The van der Waals surface area contributed by atoms with E-state index in [2.05, 4.69) is 21.2 Å². The van der Waals surface area contributed by atoms with Gasteiger partial charge in [0, 0.05) is 29.4 Å². The van der Waals surface area contributed by atoms with Crippen molar-refractivity contribution in [3.05, 3.63) is 24.3 Å². The standard InChI is InChI=1S/C17H24BrNO2/c1-14(20)19-15-7-6-8-16(11-15)21-13-17(12-18)9-4-2-3-5-10-17/h6-8,11H,2-5,9-10,12-13H2,1H3,(H,19,20). The summed E-state index contributed by atoms with van der Waals surface area (Å²) in [6, 6.07) is 7.62. The number of hydrogen-bond acceptors (Lipinski definition) is 2. The van der Waals surface area contributed by atoms with Crippen LogP contribution in [0.2, 0.25) is 0 Å². The Kier molecular flexibility index (Phi) is 6.09. The van der Waals surface area contributed by atoms with Crippen LogP contribution in [0.4, 0.5) is 5.69 Å². The molecule has 0 spiro atoms. The largest absolute Gasteiger partial charge is 0.493 e. The van der Waals surface area contributed by atoms with Gasteiger partial charge in [0.15, 0.2) is 0 Å². The van der Waals surface area contributed by atoms with Gasteiger partial charge in [0.05, 0.1) is 6.61 Å². The van der Waals surface area contributed by atoms with E-state index in [0.29, 0.717) is 0 Å². The van der Waals surface area contributed by atoms with Crippen LogP contribution >= 0.6 is 15.9 Å². The Morgan fingerprint density at radius 3 is 2.62 bits per heavy atom. The summed E-state index contributed by atoms with van der Waals surface area (Å²) in [7, 11) is 0. The summed E-state index contributed by atoms with van der Waals surface area (Å²) in [5.74, 6) is 0.763. The van der Waals surface area contributed by atoms with Crippen molar-refractivity contribution in [3.63, 3.8) is 0 Å². The molecule has 0 saturated heterocycles. The fraction of sp³-hybridized carbons (Fsp3) is 0.588. The Balaban J connectivity index is 1.98. The number of alkyl halides is 1. The van der Waals surface area contributed by atoms with E-state index in [1.807, 2.05) is 24.3 Å². The molecule has 1 saturated carbocycles. The highest BCUT2D eigenvalue weighted by Gasteiger charge is 2.30. The Hall–Kier alpha value is -1.03. The second kappa shape index (κ2) is 7.83. The van der Waals surface area contributed by atoms with Gasteiger partial charge >= 0.3 is 0 Å². The average Bonchev–Trinajstić information content (AvgIpc) is 2.71. The summed E-state index contributed by atoms with van der Waals surface area (Å²) in [5, 5.41) is 3.78. The Bertz CT molecular complexity index is 468. The van der Waals surface area contributed by atoms with Gasteiger partial charge in [0.1, 0.15) is 5.75 Å². The summed E-state index contributed by atoms with van der Waals surface area (Å²) in [5.41, 5.74) is 1.04. The van der Waals surface area contributed by atoms with E-state index in [1.54, 1.807) is 0 Å². The maximum atomic E-state index is 11.1. The number of benzene rings is 1. The number of amides is 1. The predicted molar refractivity (Wildman–Crippen MR) is 90.2 cm³/mol. The summed E-state index contributed by atoms with van der Waals surface area (Å²) < 4.78 is 6.04. The lowest BCUT2D eigenvalue weighted by Crippen LogP contribution is -2.30. The highest BCUT2D eigenvalue weighted by Crippen LogP contribution is 2.37. The van der Waals surface area contributed by atoms with Gasteiger partial charge in [0.2, 0.25) is 5.91 Å². The molecule has 3 nitrogen and oxygen atoms in total. The first-order valence-electron chi connectivity index (χ1n) is 7.70. The predicted octanol–water partition coefficient (Wildman–Crippen LogP) is 4.76. The molecule has 0 bridgehead atoms. The van der Waals surface area contributed by atoms with Crippen molar-refractivity contribution in [2.45, 2.75) is 45.4 Å². The van der Waals surface area contributed by atoms with Crippen molar-refractivity contribution >= 4 is 27.5 Å². The molecule has 1 fully saturated rings. The van der Waals surface area contributed by atoms with Gasteiger partial charge in [-0.15, -0.1) is 0 Å². The molecule has 2 rings (SSSR count). The van der Waals surface area contributed by atoms with E-state index < -0.39 is 0 Å². The molecule has 1 aliphatic rings. The van der Waals surface area contributed by atoms with Crippen LogP contribution in [-0.2, 0) is 4.79 Å². The van der Waals surface area contributed by atoms with Crippen LogP contribution in [0.15, 0.2) is 24.3 Å². The van der Waals surface area contributed by atoms with Crippen molar-refractivity contribution in [2.75, 3.05) is 17.3 Å². The molecule has 1 aromatic carbocycles. The second-order valence-corrected chi connectivity index (χ2v) is 6.61. The van der Waals surface area contributed by atoms with Crippen molar-refractivity contribution in [3.8, 4) is 5.75 Å². The normalized spacial score (nSPS) is 17.8. The number of halogens is 1. The third-order valence-electron chi connectivity index (χ3n) is 4.15. The fourth-order valence-corrected chi connectivity index (χ4v) is 3.62. The van der Waals surface area contributed by atoms with Crippen LogP contribution in [-0.4, -0.2) is 17.8 Å². The maximum Gasteiger partial charge on any atom is 0.221 e. The van der Waals surface area contributed by atoms with Gasteiger partial charge in [-0.05, 0) is 25.0 Å². The van der Waals surface area contributed by atoms with E-state index in [9.17, 15) is 4.79 Å². The molecular formula is C17H24BrNO2. The zero-order valence-electron chi connectivity index (χ0n) is 12.7. The summed E-state index contributed by atoms with van der Waals surface area (Å²) in [6.07, 6.45) is 7.72. The second-order valence-electron chi connectivity index (χ2n) is 6.05. The van der Waals surface area contributed by atoms with Crippen LogP contribution < -0.4 is 10.1 Å². The SMILES string of the molecule is CC(=O)Nc1cccc(OCC2(CBr)CCCCCC2)c1. The zero-order chi connectivity index (χ0) is 15.1. The molecule has 21 heavy (non-hydrogen) atoms. The van der Waals surface area contributed by atoms with Crippen LogP contribution in [0, 0.1) is 5.41 Å². The third kappa shape index (κ3) is 5.03. The van der Waals surface area contributed by atoms with Gasteiger partial charge < -0.3 is 10.1 Å². The van der Waals surface area contributed by atoms with Crippen LogP contribution in [0.1, 0.15) is 45.4 Å². The maximum absolute atomic E-state index is 11.1. The molecule has 0 unspecified atom stereocenters. The van der Waals surface area contributed by atoms with Gasteiger partial charge in [-0.2, -0.15) is 0 Å².